The second-order valence-corrected chi connectivity index (χ2v) is 5.03. The molecule has 2 aromatic carbocycles. The lowest BCUT2D eigenvalue weighted by molar-refractivity contribution is 0.102. The average Bonchev–Trinajstić information content (AvgIpc) is 2.95. The van der Waals surface area contributed by atoms with Gasteiger partial charge in [0, 0.05) is 5.56 Å². The third kappa shape index (κ3) is 3.10. The van der Waals surface area contributed by atoms with Crippen molar-refractivity contribution >= 4 is 11.9 Å². The van der Waals surface area contributed by atoms with Crippen LogP contribution in [0, 0.1) is 12.7 Å². The Hall–Kier alpha value is -3.22. The molecule has 0 aliphatic heterocycles. The molecular weight excluding hydrogens is 311 g/mol. The Morgan fingerprint density at radius 1 is 1.21 bits per heavy atom. The topological polar surface area (TPSA) is 69.0 Å². The largest absolute Gasteiger partial charge is 0.494 e. The molecule has 0 unspecified atom stereocenters. The van der Waals surface area contributed by atoms with Crippen LogP contribution in [0.3, 0.4) is 0 Å². The number of halogens is 1. The van der Waals surface area contributed by atoms with E-state index < -0.39 is 11.7 Å². The van der Waals surface area contributed by atoms with E-state index in [1.54, 1.807) is 11.6 Å². The normalized spacial score (nSPS) is 10.5. The van der Waals surface area contributed by atoms with Gasteiger partial charge in [0.25, 0.3) is 5.91 Å². The zero-order valence-electron chi connectivity index (χ0n) is 13.2. The van der Waals surface area contributed by atoms with Crippen LogP contribution in [0.25, 0.3) is 5.69 Å². The molecule has 1 heterocycles. The predicted molar refractivity (Wildman–Crippen MR) is 87.0 cm³/mol. The van der Waals surface area contributed by atoms with Crippen LogP contribution in [0.5, 0.6) is 5.75 Å². The van der Waals surface area contributed by atoms with Gasteiger partial charge in [-0.15, -0.1) is 5.10 Å². The Kier molecular flexibility index (Phi) is 4.24. The number of anilines is 1. The fourth-order valence-electron chi connectivity index (χ4n) is 2.24. The number of hydrogen-bond acceptors (Lipinski definition) is 4. The van der Waals surface area contributed by atoms with Gasteiger partial charge >= 0.3 is 0 Å². The third-order valence-corrected chi connectivity index (χ3v) is 3.41. The Bertz CT molecular complexity index is 878. The lowest BCUT2D eigenvalue weighted by Gasteiger charge is -2.04. The fraction of sp³-hybridized carbons (Fsp3) is 0.118. The van der Waals surface area contributed by atoms with Crippen molar-refractivity contribution in [3.05, 3.63) is 65.7 Å². The molecule has 0 spiro atoms. The number of carbonyl (C=O) groups is 1. The van der Waals surface area contributed by atoms with E-state index >= 15 is 0 Å². The van der Waals surface area contributed by atoms with Crippen molar-refractivity contribution in [2.75, 3.05) is 12.4 Å². The number of para-hydroxylation sites is 1. The summed E-state index contributed by atoms with van der Waals surface area (Å²) in [7, 11) is 1.36. The highest BCUT2D eigenvalue weighted by Gasteiger charge is 2.14. The number of methoxy groups -OCH3 is 1. The highest BCUT2D eigenvalue weighted by atomic mass is 19.1. The summed E-state index contributed by atoms with van der Waals surface area (Å²) in [5, 5.41) is 6.82. The van der Waals surface area contributed by atoms with E-state index in [-0.39, 0.29) is 17.3 Å². The van der Waals surface area contributed by atoms with Gasteiger partial charge in [0.2, 0.25) is 5.95 Å². The van der Waals surface area contributed by atoms with Gasteiger partial charge in [-0.3, -0.25) is 10.1 Å². The van der Waals surface area contributed by atoms with Crippen molar-refractivity contribution in [1.29, 1.82) is 0 Å². The number of nitrogens with zero attached hydrogens (tertiary/aromatic N) is 3. The van der Waals surface area contributed by atoms with Crippen molar-refractivity contribution < 1.29 is 13.9 Å². The first-order valence-electron chi connectivity index (χ1n) is 7.22. The van der Waals surface area contributed by atoms with Gasteiger partial charge in [-0.2, -0.15) is 4.98 Å². The van der Waals surface area contributed by atoms with Gasteiger partial charge < -0.3 is 4.74 Å². The molecule has 3 rings (SSSR count). The number of nitrogens with one attached hydrogen (secondary N) is 1. The molecule has 0 atom stereocenters. The van der Waals surface area contributed by atoms with Crippen molar-refractivity contribution in [3.63, 3.8) is 0 Å². The average molecular weight is 326 g/mol. The Morgan fingerprint density at radius 2 is 1.96 bits per heavy atom. The summed E-state index contributed by atoms with van der Waals surface area (Å²) in [6.45, 7) is 1.78. The number of benzene rings is 2. The van der Waals surface area contributed by atoms with E-state index in [2.05, 4.69) is 15.4 Å². The number of amides is 1. The molecule has 7 heteroatoms. The lowest BCUT2D eigenvalue weighted by Crippen LogP contribution is -2.13. The Labute approximate surface area is 137 Å². The number of aromatic nitrogens is 3. The molecule has 0 saturated heterocycles. The summed E-state index contributed by atoms with van der Waals surface area (Å²) in [6.07, 6.45) is 0. The number of hydrogen-bond donors (Lipinski definition) is 1. The number of ether oxygens (including phenoxy) is 1. The summed E-state index contributed by atoms with van der Waals surface area (Å²) < 4.78 is 20.1. The lowest BCUT2D eigenvalue weighted by atomic mass is 10.2. The van der Waals surface area contributed by atoms with Gasteiger partial charge in [0.15, 0.2) is 11.6 Å². The summed E-state index contributed by atoms with van der Waals surface area (Å²) in [4.78, 5) is 16.4. The molecule has 0 fully saturated rings. The molecule has 1 N–H and O–H groups in total. The maximum Gasteiger partial charge on any atom is 0.258 e. The Morgan fingerprint density at radius 3 is 2.62 bits per heavy atom. The highest BCUT2D eigenvalue weighted by molar-refractivity contribution is 6.03. The molecule has 122 valence electrons. The van der Waals surface area contributed by atoms with Crippen LogP contribution in [0.2, 0.25) is 0 Å². The van der Waals surface area contributed by atoms with Crippen LogP contribution in [-0.4, -0.2) is 27.8 Å². The molecule has 1 aromatic heterocycles. The van der Waals surface area contributed by atoms with Gasteiger partial charge in [0.05, 0.1) is 12.8 Å². The van der Waals surface area contributed by atoms with Gasteiger partial charge in [-0.05, 0) is 37.3 Å². The standard InChI is InChI=1S/C17H15FN4O2/c1-11-19-17(21-22(11)13-6-4-3-5-7-13)20-16(23)12-8-9-15(24-2)14(18)10-12/h3-10H,1-2H3,(H,20,21,23). The van der Waals surface area contributed by atoms with E-state index in [4.69, 9.17) is 4.74 Å². The van der Waals surface area contributed by atoms with Crippen molar-refractivity contribution in [2.24, 2.45) is 0 Å². The molecule has 0 aliphatic carbocycles. The van der Waals surface area contributed by atoms with Crippen LogP contribution < -0.4 is 10.1 Å². The quantitative estimate of drug-likeness (QED) is 0.800. The van der Waals surface area contributed by atoms with E-state index in [9.17, 15) is 9.18 Å². The number of aryl methyl sites for hydroxylation is 1. The SMILES string of the molecule is COc1ccc(C(=O)Nc2nc(C)n(-c3ccccc3)n2)cc1F. The first kappa shape index (κ1) is 15.7. The summed E-state index contributed by atoms with van der Waals surface area (Å²) in [5.41, 5.74) is 0.987. The van der Waals surface area contributed by atoms with Gasteiger partial charge in [-0.1, -0.05) is 18.2 Å². The van der Waals surface area contributed by atoms with E-state index in [0.717, 1.165) is 11.8 Å². The number of carbonyl (C=O) groups excluding carboxylic acids is 1. The molecule has 0 radical (unpaired) electrons. The minimum Gasteiger partial charge on any atom is -0.494 e. The minimum absolute atomic E-state index is 0.0777. The molecule has 0 aliphatic rings. The molecular formula is C17H15FN4O2. The highest BCUT2D eigenvalue weighted by Crippen LogP contribution is 2.18. The second kappa shape index (κ2) is 6.49. The van der Waals surface area contributed by atoms with Crippen LogP contribution in [-0.2, 0) is 0 Å². The molecule has 3 aromatic rings. The van der Waals surface area contributed by atoms with Crippen molar-refractivity contribution in [3.8, 4) is 11.4 Å². The summed E-state index contributed by atoms with van der Waals surface area (Å²) in [6, 6.07) is 13.4. The van der Waals surface area contributed by atoms with E-state index in [1.165, 1.54) is 19.2 Å². The van der Waals surface area contributed by atoms with Gasteiger partial charge in [-0.25, -0.2) is 9.07 Å². The van der Waals surface area contributed by atoms with E-state index in [1.807, 2.05) is 30.3 Å². The van der Waals surface area contributed by atoms with Crippen molar-refractivity contribution in [2.45, 2.75) is 6.92 Å². The van der Waals surface area contributed by atoms with E-state index in [0.29, 0.717) is 5.82 Å². The zero-order chi connectivity index (χ0) is 17.1. The maximum atomic E-state index is 13.7. The predicted octanol–water partition coefficient (Wildman–Crippen LogP) is 2.98. The summed E-state index contributed by atoms with van der Waals surface area (Å²) >= 11 is 0. The van der Waals surface area contributed by atoms with Crippen molar-refractivity contribution in [1.82, 2.24) is 14.8 Å². The van der Waals surface area contributed by atoms with Crippen LogP contribution >= 0.6 is 0 Å². The van der Waals surface area contributed by atoms with Gasteiger partial charge in [0.1, 0.15) is 5.82 Å². The molecule has 0 saturated carbocycles. The molecule has 0 bridgehead atoms. The maximum absolute atomic E-state index is 13.7. The van der Waals surface area contributed by atoms with Crippen LogP contribution in [0.4, 0.5) is 10.3 Å². The monoisotopic (exact) mass is 326 g/mol. The smallest absolute Gasteiger partial charge is 0.258 e. The first-order valence-corrected chi connectivity index (χ1v) is 7.22. The zero-order valence-corrected chi connectivity index (χ0v) is 13.2. The Balaban J connectivity index is 1.81. The minimum atomic E-state index is -0.607. The molecule has 6 nitrogen and oxygen atoms in total. The molecule has 24 heavy (non-hydrogen) atoms. The van der Waals surface area contributed by atoms with Crippen LogP contribution in [0.15, 0.2) is 48.5 Å². The fourth-order valence-corrected chi connectivity index (χ4v) is 2.24. The molecule has 1 amide bonds. The second-order valence-electron chi connectivity index (χ2n) is 5.03. The summed E-state index contributed by atoms with van der Waals surface area (Å²) in [5.74, 6) is -0.255. The third-order valence-electron chi connectivity index (χ3n) is 3.41. The first-order chi connectivity index (χ1) is 11.6. The van der Waals surface area contributed by atoms with Crippen LogP contribution in [0.1, 0.15) is 16.2 Å². The number of rotatable bonds is 4.